The average Bonchev–Trinajstić information content (AvgIpc) is 2.97. The summed E-state index contributed by atoms with van der Waals surface area (Å²) in [6.07, 6.45) is 2.02. The predicted molar refractivity (Wildman–Crippen MR) is 88.3 cm³/mol. The second kappa shape index (κ2) is 8.30. The van der Waals surface area contributed by atoms with Crippen molar-refractivity contribution in [1.29, 1.82) is 0 Å². The Balaban J connectivity index is 1.96. The molecule has 1 aliphatic carbocycles. The van der Waals surface area contributed by atoms with Crippen LogP contribution in [0.15, 0.2) is 24.3 Å². The normalized spacial score (nSPS) is 21.3. The molecule has 1 aromatic carbocycles. The summed E-state index contributed by atoms with van der Waals surface area (Å²) < 4.78 is 0. The van der Waals surface area contributed by atoms with Crippen LogP contribution >= 0.6 is 0 Å². The van der Waals surface area contributed by atoms with Crippen LogP contribution in [0.25, 0.3) is 0 Å². The van der Waals surface area contributed by atoms with Gasteiger partial charge in [-0.1, -0.05) is 38.1 Å². The zero-order valence-corrected chi connectivity index (χ0v) is 13.7. The van der Waals surface area contributed by atoms with Crippen molar-refractivity contribution in [2.24, 2.45) is 5.92 Å². The van der Waals surface area contributed by atoms with E-state index in [0.717, 1.165) is 44.5 Å². The third-order valence-corrected chi connectivity index (χ3v) is 4.68. The van der Waals surface area contributed by atoms with E-state index in [2.05, 4.69) is 36.2 Å². The van der Waals surface area contributed by atoms with E-state index in [1.54, 1.807) is 0 Å². The zero-order chi connectivity index (χ0) is 15.9. The molecule has 4 heteroatoms. The van der Waals surface area contributed by atoms with E-state index in [1.165, 1.54) is 5.56 Å². The van der Waals surface area contributed by atoms with Gasteiger partial charge in [0.25, 0.3) is 0 Å². The first-order chi connectivity index (χ1) is 10.7. The van der Waals surface area contributed by atoms with Gasteiger partial charge >= 0.3 is 0 Å². The third-order valence-electron chi connectivity index (χ3n) is 4.68. The Morgan fingerprint density at radius 3 is 2.50 bits per heavy atom. The van der Waals surface area contributed by atoms with Crippen LogP contribution in [-0.4, -0.2) is 35.1 Å². The van der Waals surface area contributed by atoms with Crippen molar-refractivity contribution >= 4 is 5.91 Å². The van der Waals surface area contributed by atoms with Crippen molar-refractivity contribution in [1.82, 2.24) is 10.2 Å². The van der Waals surface area contributed by atoms with Crippen molar-refractivity contribution in [3.63, 3.8) is 0 Å². The molecule has 0 radical (unpaired) electrons. The number of carbonyl (C=O) groups excluding carboxylic acids is 1. The molecule has 1 aromatic rings. The molecule has 2 unspecified atom stereocenters. The third kappa shape index (κ3) is 4.31. The van der Waals surface area contributed by atoms with Gasteiger partial charge in [-0.05, 0) is 43.5 Å². The maximum Gasteiger partial charge on any atom is 0.225 e. The first-order valence-electron chi connectivity index (χ1n) is 8.40. The quantitative estimate of drug-likeness (QED) is 0.813. The summed E-state index contributed by atoms with van der Waals surface area (Å²) >= 11 is 0. The number of carbonyl (C=O) groups is 1. The maximum absolute atomic E-state index is 12.2. The molecule has 2 N–H and O–H groups in total. The summed E-state index contributed by atoms with van der Waals surface area (Å²) in [6, 6.07) is 8.26. The van der Waals surface area contributed by atoms with Crippen molar-refractivity contribution in [3.8, 4) is 0 Å². The van der Waals surface area contributed by atoms with Gasteiger partial charge in [0, 0.05) is 13.1 Å². The lowest BCUT2D eigenvalue weighted by Crippen LogP contribution is -2.34. The van der Waals surface area contributed by atoms with E-state index >= 15 is 0 Å². The van der Waals surface area contributed by atoms with E-state index in [4.69, 9.17) is 0 Å². The van der Waals surface area contributed by atoms with Gasteiger partial charge in [-0.2, -0.15) is 0 Å². The summed E-state index contributed by atoms with van der Waals surface area (Å²) in [4.78, 5) is 14.6. The zero-order valence-electron chi connectivity index (χ0n) is 13.7. The Hall–Kier alpha value is -1.39. The Morgan fingerprint density at radius 1 is 1.23 bits per heavy atom. The highest BCUT2D eigenvalue weighted by molar-refractivity contribution is 5.79. The number of aliphatic hydroxyl groups excluding tert-OH is 1. The van der Waals surface area contributed by atoms with Gasteiger partial charge < -0.3 is 10.4 Å². The van der Waals surface area contributed by atoms with Gasteiger partial charge in [0.1, 0.15) is 0 Å². The summed E-state index contributed by atoms with van der Waals surface area (Å²) in [7, 11) is 0. The highest BCUT2D eigenvalue weighted by Gasteiger charge is 2.31. The van der Waals surface area contributed by atoms with E-state index in [9.17, 15) is 9.90 Å². The molecule has 0 heterocycles. The fraction of sp³-hybridized carbons (Fsp3) is 0.611. The number of nitrogens with zero attached hydrogens (tertiary/aromatic N) is 1. The molecule has 4 nitrogen and oxygen atoms in total. The molecule has 2 atom stereocenters. The molecular formula is C18H28N2O2. The second-order valence-electron chi connectivity index (χ2n) is 6.05. The molecule has 2 rings (SSSR count). The Labute approximate surface area is 133 Å². The molecule has 1 amide bonds. The van der Waals surface area contributed by atoms with Gasteiger partial charge in [-0.15, -0.1) is 0 Å². The van der Waals surface area contributed by atoms with Gasteiger partial charge in [-0.3, -0.25) is 9.69 Å². The largest absolute Gasteiger partial charge is 0.392 e. The highest BCUT2D eigenvalue weighted by Crippen LogP contribution is 2.25. The van der Waals surface area contributed by atoms with Crippen LogP contribution in [0.5, 0.6) is 0 Å². The molecule has 1 aliphatic rings. The fourth-order valence-electron chi connectivity index (χ4n) is 3.13. The van der Waals surface area contributed by atoms with Crippen molar-refractivity contribution in [3.05, 3.63) is 35.4 Å². The summed E-state index contributed by atoms with van der Waals surface area (Å²) in [5.41, 5.74) is 2.42. The number of hydrogen-bond acceptors (Lipinski definition) is 3. The molecule has 0 aromatic heterocycles. The molecule has 1 fully saturated rings. The molecule has 122 valence electrons. The first-order valence-corrected chi connectivity index (χ1v) is 8.40. The maximum atomic E-state index is 12.2. The predicted octanol–water partition coefficient (Wildman–Crippen LogP) is 2.31. The minimum Gasteiger partial charge on any atom is -0.392 e. The van der Waals surface area contributed by atoms with Crippen LogP contribution in [0.1, 0.15) is 44.2 Å². The molecule has 0 spiro atoms. The van der Waals surface area contributed by atoms with Crippen LogP contribution in [0.4, 0.5) is 0 Å². The monoisotopic (exact) mass is 304 g/mol. The van der Waals surface area contributed by atoms with Gasteiger partial charge in [-0.25, -0.2) is 0 Å². The van der Waals surface area contributed by atoms with Crippen LogP contribution in [-0.2, 0) is 17.9 Å². The molecule has 0 bridgehead atoms. The summed E-state index contributed by atoms with van der Waals surface area (Å²) in [5, 5.41) is 12.8. The van der Waals surface area contributed by atoms with Gasteiger partial charge in [0.2, 0.25) is 5.91 Å². The highest BCUT2D eigenvalue weighted by atomic mass is 16.3. The molecule has 22 heavy (non-hydrogen) atoms. The van der Waals surface area contributed by atoms with Crippen LogP contribution < -0.4 is 5.32 Å². The number of rotatable bonds is 7. The number of benzene rings is 1. The molecule has 1 saturated carbocycles. The lowest BCUT2D eigenvalue weighted by molar-refractivity contribution is -0.127. The van der Waals surface area contributed by atoms with E-state index in [1.807, 2.05) is 12.1 Å². The van der Waals surface area contributed by atoms with Crippen molar-refractivity contribution in [2.45, 2.75) is 52.3 Å². The number of nitrogens with one attached hydrogen (secondary N) is 1. The standard InChI is InChI=1S/C18H28N2O2/c1-3-20(4-2)13-15-9-6-5-8-14(15)12-19-18(22)16-10-7-11-17(16)21/h5-6,8-9,16-17,21H,3-4,7,10-13H2,1-2H3,(H,19,22). The number of amides is 1. The lowest BCUT2D eigenvalue weighted by atomic mass is 10.0. The number of hydrogen-bond donors (Lipinski definition) is 2. The molecule has 0 aliphatic heterocycles. The van der Waals surface area contributed by atoms with Crippen molar-refractivity contribution in [2.75, 3.05) is 13.1 Å². The fourth-order valence-corrected chi connectivity index (χ4v) is 3.13. The van der Waals surface area contributed by atoms with E-state index in [-0.39, 0.29) is 11.8 Å². The molecular weight excluding hydrogens is 276 g/mol. The van der Waals surface area contributed by atoms with Gasteiger partial charge in [0.15, 0.2) is 0 Å². The van der Waals surface area contributed by atoms with Crippen LogP contribution in [0.3, 0.4) is 0 Å². The van der Waals surface area contributed by atoms with Gasteiger partial charge in [0.05, 0.1) is 12.0 Å². The lowest BCUT2D eigenvalue weighted by Gasteiger charge is -2.21. The van der Waals surface area contributed by atoms with Crippen LogP contribution in [0, 0.1) is 5.92 Å². The molecule has 0 saturated heterocycles. The smallest absolute Gasteiger partial charge is 0.225 e. The first kappa shape index (κ1) is 17.0. The van der Waals surface area contributed by atoms with Crippen LogP contribution in [0.2, 0.25) is 0 Å². The Kier molecular flexibility index (Phi) is 6.40. The van der Waals surface area contributed by atoms with E-state index in [0.29, 0.717) is 6.54 Å². The number of aliphatic hydroxyl groups is 1. The topological polar surface area (TPSA) is 52.6 Å². The average molecular weight is 304 g/mol. The Bertz CT molecular complexity index is 486. The second-order valence-corrected chi connectivity index (χ2v) is 6.05. The van der Waals surface area contributed by atoms with E-state index < -0.39 is 6.10 Å². The van der Waals surface area contributed by atoms with Crippen molar-refractivity contribution < 1.29 is 9.90 Å². The SMILES string of the molecule is CCN(CC)Cc1ccccc1CNC(=O)C1CCCC1O. The minimum atomic E-state index is -0.467. The minimum absolute atomic E-state index is 0.0114. The Morgan fingerprint density at radius 2 is 1.91 bits per heavy atom. The summed E-state index contributed by atoms with van der Waals surface area (Å²) in [5.74, 6) is -0.238. The summed E-state index contributed by atoms with van der Waals surface area (Å²) in [6.45, 7) is 7.81.